The van der Waals surface area contributed by atoms with E-state index in [1.165, 1.54) is 18.2 Å². The van der Waals surface area contributed by atoms with Gasteiger partial charge < -0.3 is 19.1 Å². The number of carbonyl (C=O) groups is 1. The first-order valence-electron chi connectivity index (χ1n) is 12.6. The van der Waals surface area contributed by atoms with Crippen molar-refractivity contribution in [2.75, 3.05) is 13.5 Å². The maximum absolute atomic E-state index is 13.5. The van der Waals surface area contributed by atoms with Crippen molar-refractivity contribution in [3.63, 3.8) is 0 Å². The lowest BCUT2D eigenvalue weighted by atomic mass is 9.55. The van der Waals surface area contributed by atoms with Crippen molar-refractivity contribution in [2.24, 2.45) is 17.3 Å². The molecule has 0 heterocycles. The highest BCUT2D eigenvalue weighted by Crippen LogP contribution is 2.61. The van der Waals surface area contributed by atoms with E-state index in [9.17, 15) is 14.5 Å². The van der Waals surface area contributed by atoms with Crippen LogP contribution in [0, 0.1) is 17.3 Å². The van der Waals surface area contributed by atoms with E-state index >= 15 is 0 Å². The first-order chi connectivity index (χ1) is 16.1. The van der Waals surface area contributed by atoms with Gasteiger partial charge in [-0.05, 0) is 106 Å². The van der Waals surface area contributed by atoms with E-state index in [1.807, 2.05) is 12.1 Å². The zero-order valence-electron chi connectivity index (χ0n) is 21.1. The Morgan fingerprint density at radius 1 is 1.24 bits per heavy atom. The van der Waals surface area contributed by atoms with Crippen LogP contribution in [-0.2, 0) is 25.3 Å². The summed E-state index contributed by atoms with van der Waals surface area (Å²) in [7, 11) is -2.03. The number of hydrogen-bond donors (Lipinski definition) is 2. The number of aryl methyl sites for hydroxylation is 1. The Hall–Kier alpha value is -1.40. The summed E-state index contributed by atoms with van der Waals surface area (Å²) in [5.41, 5.74) is 2.68. The Morgan fingerprint density at radius 3 is 2.71 bits per heavy atom. The van der Waals surface area contributed by atoms with Gasteiger partial charge in [-0.15, -0.1) is 0 Å². The van der Waals surface area contributed by atoms with Crippen molar-refractivity contribution in [1.82, 2.24) is 5.09 Å². The average Bonchev–Trinajstić information content (AvgIpc) is 3.07. The van der Waals surface area contributed by atoms with Crippen LogP contribution in [0.3, 0.4) is 0 Å². The molecule has 2 saturated carbocycles. The molecule has 3 aliphatic rings. The van der Waals surface area contributed by atoms with Gasteiger partial charge in [0, 0.05) is 7.11 Å². The van der Waals surface area contributed by atoms with Gasteiger partial charge in [-0.25, -0.2) is 5.09 Å². The molecule has 0 aliphatic heterocycles. The highest BCUT2D eigenvalue weighted by atomic mass is 31.2. The highest BCUT2D eigenvalue weighted by molar-refractivity contribution is 7.57. The van der Waals surface area contributed by atoms with E-state index in [4.69, 9.17) is 14.0 Å². The second-order valence-corrected chi connectivity index (χ2v) is 13.0. The molecular weight excluding hydrogens is 453 g/mol. The first kappa shape index (κ1) is 25.7. The van der Waals surface area contributed by atoms with Gasteiger partial charge in [-0.3, -0.25) is 9.36 Å². The number of ether oxygens (including phenoxy) is 2. The summed E-state index contributed by atoms with van der Waals surface area (Å²) in [6.07, 6.45) is 5.70. The standard InChI is InChI=1S/C26H40NO6P/c1-16(2)32-25(29)17(3)27-34(30,15-31-5)33-19-7-9-20-18(14-19)6-8-22-21(20)12-13-26(4)23(22)10-11-24(26)28/h7,9,14,16-17,21-24,28H,6,8,10-13,15H2,1-5H3,(H,27,30)/t17-,21+,22+,23-,24-,26-,34?/m0/s1. The van der Waals surface area contributed by atoms with Gasteiger partial charge in [0.1, 0.15) is 18.1 Å². The molecule has 0 aromatic heterocycles. The van der Waals surface area contributed by atoms with Gasteiger partial charge in [0.05, 0.1) is 12.2 Å². The zero-order chi connectivity index (χ0) is 24.7. The van der Waals surface area contributed by atoms with Crippen LogP contribution >= 0.6 is 7.52 Å². The number of nitrogens with one attached hydrogen (secondary N) is 1. The second-order valence-electron chi connectivity index (χ2n) is 10.9. The molecule has 190 valence electrons. The Bertz CT molecular complexity index is 951. The molecule has 0 spiro atoms. The first-order valence-corrected chi connectivity index (χ1v) is 14.4. The van der Waals surface area contributed by atoms with Crippen LogP contribution in [-0.4, -0.2) is 42.8 Å². The summed E-state index contributed by atoms with van der Waals surface area (Å²) < 4.78 is 29.8. The van der Waals surface area contributed by atoms with Crippen molar-refractivity contribution in [2.45, 2.75) is 90.4 Å². The summed E-state index contributed by atoms with van der Waals surface area (Å²) in [5.74, 6) is 1.75. The number of fused-ring (bicyclic) bond motifs is 5. The zero-order valence-corrected chi connectivity index (χ0v) is 22.0. The van der Waals surface area contributed by atoms with E-state index in [-0.39, 0.29) is 24.0 Å². The third-order valence-corrected chi connectivity index (χ3v) is 10.2. The van der Waals surface area contributed by atoms with Crippen LogP contribution in [0.25, 0.3) is 0 Å². The topological polar surface area (TPSA) is 94.1 Å². The van der Waals surface area contributed by atoms with E-state index in [1.54, 1.807) is 20.8 Å². The molecule has 2 fully saturated rings. The lowest BCUT2D eigenvalue weighted by molar-refractivity contribution is -0.149. The number of hydrogen-bond acceptors (Lipinski definition) is 6. The Balaban J connectivity index is 1.49. The van der Waals surface area contributed by atoms with Crippen molar-refractivity contribution in [3.05, 3.63) is 29.3 Å². The Kier molecular flexibility index (Phi) is 7.50. The van der Waals surface area contributed by atoms with E-state index in [2.05, 4.69) is 18.1 Å². The fraction of sp³-hybridized carbons (Fsp3) is 0.731. The number of rotatable bonds is 8. The maximum Gasteiger partial charge on any atom is 0.342 e. The number of aliphatic hydroxyl groups excluding tert-OH is 1. The maximum atomic E-state index is 13.5. The van der Waals surface area contributed by atoms with Crippen LogP contribution in [0.1, 0.15) is 76.8 Å². The van der Waals surface area contributed by atoms with Gasteiger partial charge >= 0.3 is 13.5 Å². The predicted octanol–water partition coefficient (Wildman–Crippen LogP) is 5.01. The van der Waals surface area contributed by atoms with Crippen LogP contribution in [0.2, 0.25) is 0 Å². The molecule has 1 aromatic rings. The molecule has 0 radical (unpaired) electrons. The molecule has 2 N–H and O–H groups in total. The van der Waals surface area contributed by atoms with Gasteiger partial charge in [0.15, 0.2) is 0 Å². The number of aliphatic hydroxyl groups is 1. The third kappa shape index (κ3) is 4.95. The van der Waals surface area contributed by atoms with E-state index < -0.39 is 19.5 Å². The number of benzene rings is 1. The fourth-order valence-corrected chi connectivity index (χ4v) is 8.37. The lowest BCUT2D eigenvalue weighted by Crippen LogP contribution is -2.43. The minimum atomic E-state index is -3.49. The van der Waals surface area contributed by atoms with Crippen molar-refractivity contribution in [3.8, 4) is 5.75 Å². The number of methoxy groups -OCH3 is 1. The summed E-state index contributed by atoms with van der Waals surface area (Å²) >= 11 is 0. The monoisotopic (exact) mass is 493 g/mol. The smallest absolute Gasteiger partial charge is 0.342 e. The van der Waals surface area contributed by atoms with Crippen LogP contribution < -0.4 is 9.61 Å². The van der Waals surface area contributed by atoms with Crippen LogP contribution in [0.4, 0.5) is 0 Å². The average molecular weight is 494 g/mol. The number of carbonyl (C=O) groups excluding carboxylic acids is 1. The molecule has 1 unspecified atom stereocenters. The summed E-state index contributed by atoms with van der Waals surface area (Å²) in [5, 5.41) is 13.4. The normalized spacial score (nSPS) is 32.8. The van der Waals surface area contributed by atoms with Crippen molar-refractivity contribution >= 4 is 13.5 Å². The minimum Gasteiger partial charge on any atom is -0.462 e. The molecule has 0 bridgehead atoms. The summed E-state index contributed by atoms with van der Waals surface area (Å²) in [6.45, 7) is 7.45. The molecular formula is C26H40NO6P. The highest BCUT2D eigenvalue weighted by Gasteiger charge is 2.54. The summed E-state index contributed by atoms with van der Waals surface area (Å²) in [4.78, 5) is 12.2. The molecule has 1 aromatic carbocycles. The minimum absolute atomic E-state index is 0.0631. The predicted molar refractivity (Wildman–Crippen MR) is 131 cm³/mol. The molecule has 34 heavy (non-hydrogen) atoms. The SMILES string of the molecule is COCP(=O)(N[C@@H](C)C(=O)OC(C)C)Oc1ccc2c(c1)CC[C@@H]1[C@@H]2CC[C@]2(C)[C@@H](O)CC[C@@H]12. The quantitative estimate of drug-likeness (QED) is 0.388. The van der Waals surface area contributed by atoms with Crippen molar-refractivity contribution < 1.29 is 28.5 Å². The van der Waals surface area contributed by atoms with Gasteiger partial charge in [0.2, 0.25) is 0 Å². The van der Waals surface area contributed by atoms with Gasteiger partial charge in [-0.1, -0.05) is 13.0 Å². The van der Waals surface area contributed by atoms with Crippen LogP contribution in [0.15, 0.2) is 18.2 Å². The molecule has 7 atom stereocenters. The number of esters is 1. The second kappa shape index (κ2) is 9.93. The molecule has 8 heteroatoms. The van der Waals surface area contributed by atoms with E-state index in [0.29, 0.717) is 23.5 Å². The molecule has 4 rings (SSSR count). The Labute approximate surface area is 203 Å². The molecule has 3 aliphatic carbocycles. The molecule has 7 nitrogen and oxygen atoms in total. The van der Waals surface area contributed by atoms with Crippen LogP contribution in [0.5, 0.6) is 5.75 Å². The Morgan fingerprint density at radius 2 is 2.00 bits per heavy atom. The third-order valence-electron chi connectivity index (χ3n) is 8.30. The van der Waals surface area contributed by atoms with Gasteiger partial charge in [0.25, 0.3) is 0 Å². The molecule has 0 saturated heterocycles. The fourth-order valence-electron chi connectivity index (χ4n) is 6.70. The molecule has 0 amide bonds. The van der Waals surface area contributed by atoms with Crippen molar-refractivity contribution in [1.29, 1.82) is 0 Å². The van der Waals surface area contributed by atoms with E-state index in [0.717, 1.165) is 38.5 Å². The largest absolute Gasteiger partial charge is 0.462 e. The van der Waals surface area contributed by atoms with Gasteiger partial charge in [-0.2, -0.15) is 0 Å². The lowest BCUT2D eigenvalue weighted by Gasteiger charge is -2.50. The summed E-state index contributed by atoms with van der Waals surface area (Å²) in [6, 6.07) is 5.23.